The summed E-state index contributed by atoms with van der Waals surface area (Å²) in [6.45, 7) is 8.93. The summed E-state index contributed by atoms with van der Waals surface area (Å²) in [5.41, 5.74) is 12.1. The van der Waals surface area contributed by atoms with Crippen LogP contribution in [0.1, 0.15) is 55.0 Å². The first-order valence-corrected chi connectivity index (χ1v) is 13.1. The first-order valence-electron chi connectivity index (χ1n) is 13.1. The van der Waals surface area contributed by atoms with E-state index in [1.54, 1.807) is 18.5 Å². The van der Waals surface area contributed by atoms with Gasteiger partial charge in [-0.05, 0) is 80.6 Å². The molecule has 8 heteroatoms. The fourth-order valence-electron chi connectivity index (χ4n) is 4.44. The molecule has 0 saturated carbocycles. The highest BCUT2D eigenvalue weighted by molar-refractivity contribution is 5.78. The molecule has 2 heterocycles. The molecule has 3 aromatic rings. The van der Waals surface area contributed by atoms with E-state index in [9.17, 15) is 14.4 Å². The molecule has 1 atom stereocenters. The highest BCUT2D eigenvalue weighted by Crippen LogP contribution is 2.27. The van der Waals surface area contributed by atoms with E-state index in [1.165, 1.54) is 34.4 Å². The van der Waals surface area contributed by atoms with Crippen LogP contribution in [0.5, 0.6) is 0 Å². The average Bonchev–Trinajstić information content (AvgIpc) is 2.87. The number of aryl methyl sites for hydroxylation is 3. The van der Waals surface area contributed by atoms with Crippen molar-refractivity contribution < 1.29 is 14.3 Å². The first kappa shape index (κ1) is 31.4. The summed E-state index contributed by atoms with van der Waals surface area (Å²) in [6, 6.07) is 11.1. The monoisotopic (exact) mass is 534 g/mol. The molecule has 2 N–H and O–H groups in total. The van der Waals surface area contributed by atoms with Crippen LogP contribution >= 0.6 is 0 Å². The van der Waals surface area contributed by atoms with Gasteiger partial charge in [0.2, 0.25) is 5.91 Å². The first-order chi connectivity index (χ1) is 18.4. The van der Waals surface area contributed by atoms with Crippen molar-refractivity contribution in [3.05, 3.63) is 87.6 Å². The number of ether oxygens (including phenoxy) is 1. The van der Waals surface area contributed by atoms with Crippen LogP contribution in [0.3, 0.4) is 0 Å². The summed E-state index contributed by atoms with van der Waals surface area (Å²) in [6.07, 6.45) is 7.02. The number of aromatic nitrogens is 2. The number of carbonyl (C=O) groups excluding carboxylic acids is 2. The van der Waals surface area contributed by atoms with Gasteiger partial charge in [-0.3, -0.25) is 19.4 Å². The number of rotatable bonds is 10. The highest BCUT2D eigenvalue weighted by atomic mass is 16.5. The Morgan fingerprint density at radius 1 is 1.05 bits per heavy atom. The van der Waals surface area contributed by atoms with Gasteiger partial charge >= 0.3 is 5.97 Å². The Morgan fingerprint density at radius 3 is 2.28 bits per heavy atom. The second-order valence-corrected chi connectivity index (χ2v) is 10.5. The van der Waals surface area contributed by atoms with Crippen LogP contribution in [0.15, 0.2) is 59.8 Å². The Morgan fingerprint density at radius 2 is 1.72 bits per heavy atom. The molecule has 1 unspecified atom stereocenters. The van der Waals surface area contributed by atoms with Crippen LogP contribution in [0, 0.1) is 19.8 Å². The molecule has 39 heavy (non-hydrogen) atoms. The van der Waals surface area contributed by atoms with Crippen molar-refractivity contribution in [2.75, 3.05) is 21.2 Å². The molecule has 0 radical (unpaired) electrons. The van der Waals surface area contributed by atoms with Gasteiger partial charge in [0.15, 0.2) is 0 Å². The van der Waals surface area contributed by atoms with E-state index in [0.29, 0.717) is 31.7 Å². The van der Waals surface area contributed by atoms with Crippen LogP contribution in [0.25, 0.3) is 11.1 Å². The zero-order valence-corrected chi connectivity index (χ0v) is 24.2. The van der Waals surface area contributed by atoms with Crippen molar-refractivity contribution in [2.24, 2.45) is 11.7 Å². The van der Waals surface area contributed by atoms with E-state index in [0.717, 1.165) is 16.7 Å². The lowest BCUT2D eigenvalue weighted by Crippen LogP contribution is -2.34. The molecule has 0 fully saturated rings. The van der Waals surface area contributed by atoms with Crippen molar-refractivity contribution in [3.63, 3.8) is 0 Å². The SMILES string of the molecule is CC(C)CC(C(N)=O)n1cc(CN(C)C)ccc1=O.COC(=O)CCc1cncc(-c2c(C)cccc2C)c1. The minimum atomic E-state index is -0.574. The third-order valence-electron chi connectivity index (χ3n) is 6.27. The third kappa shape index (κ3) is 9.80. The number of nitrogens with two attached hydrogens (primary N) is 1. The standard InChI is InChI=1S/C17H19NO2.C14H23N3O2/c1-12-5-4-6-13(2)17(12)15-9-14(10-18-11-15)7-8-16(19)20-3;1-10(2)7-12(14(15)19)17-9-11(8-16(3)4)5-6-13(17)18/h4-6,9-11H,7-8H2,1-3H3;5-6,9-10,12H,7-8H2,1-4H3,(H2,15,19). The van der Waals surface area contributed by atoms with Crippen molar-refractivity contribution in [2.45, 2.75) is 59.5 Å². The highest BCUT2D eigenvalue weighted by Gasteiger charge is 2.20. The van der Waals surface area contributed by atoms with Crippen LogP contribution in [0.2, 0.25) is 0 Å². The molecule has 0 aliphatic heterocycles. The number of carbonyl (C=O) groups is 2. The fourth-order valence-corrected chi connectivity index (χ4v) is 4.44. The number of benzene rings is 1. The number of nitrogens with zero attached hydrogens (tertiary/aromatic N) is 3. The van der Waals surface area contributed by atoms with Crippen LogP contribution in [-0.2, 0) is 27.3 Å². The van der Waals surface area contributed by atoms with E-state index in [4.69, 9.17) is 5.73 Å². The normalized spacial score (nSPS) is 11.6. The van der Waals surface area contributed by atoms with E-state index < -0.39 is 11.9 Å². The number of hydrogen-bond acceptors (Lipinski definition) is 6. The second-order valence-electron chi connectivity index (χ2n) is 10.5. The third-order valence-corrected chi connectivity index (χ3v) is 6.27. The summed E-state index contributed by atoms with van der Waals surface area (Å²) in [7, 11) is 5.32. The lowest BCUT2D eigenvalue weighted by atomic mass is 9.96. The number of amides is 1. The van der Waals surface area contributed by atoms with Gasteiger partial charge in [-0.15, -0.1) is 0 Å². The van der Waals surface area contributed by atoms with Crippen LogP contribution in [-0.4, -0.2) is 47.5 Å². The smallest absolute Gasteiger partial charge is 0.305 e. The lowest BCUT2D eigenvalue weighted by Gasteiger charge is -2.20. The molecule has 8 nitrogen and oxygen atoms in total. The Kier molecular flexibility index (Phi) is 12.1. The van der Waals surface area contributed by atoms with Gasteiger partial charge in [-0.2, -0.15) is 0 Å². The zero-order chi connectivity index (χ0) is 29.1. The van der Waals surface area contributed by atoms with Crippen molar-refractivity contribution in [3.8, 4) is 11.1 Å². The maximum atomic E-state index is 11.9. The maximum Gasteiger partial charge on any atom is 0.305 e. The summed E-state index contributed by atoms with van der Waals surface area (Å²) in [5.74, 6) is -0.359. The Labute approximate surface area is 231 Å². The van der Waals surface area contributed by atoms with Crippen molar-refractivity contribution >= 4 is 11.9 Å². The summed E-state index contributed by atoms with van der Waals surface area (Å²) in [5, 5.41) is 0. The van der Waals surface area contributed by atoms with Crippen molar-refractivity contribution in [1.82, 2.24) is 14.5 Å². The van der Waals surface area contributed by atoms with Gasteiger partial charge in [-0.1, -0.05) is 38.1 Å². The van der Waals surface area contributed by atoms with Crippen LogP contribution < -0.4 is 11.3 Å². The second kappa shape index (κ2) is 15.0. The van der Waals surface area contributed by atoms with E-state index in [-0.39, 0.29) is 11.5 Å². The Hall–Kier alpha value is -3.78. The summed E-state index contributed by atoms with van der Waals surface area (Å²) in [4.78, 5) is 41.0. The molecule has 0 aliphatic rings. The minimum absolute atomic E-state index is 0.188. The topological polar surface area (TPSA) is 108 Å². The molecule has 2 aromatic heterocycles. The predicted octanol–water partition coefficient (Wildman–Crippen LogP) is 4.45. The number of methoxy groups -OCH3 is 1. The molecule has 3 rings (SSSR count). The number of primary amides is 1. The number of esters is 1. The molecule has 0 bridgehead atoms. The molecule has 0 aliphatic carbocycles. The van der Waals surface area contributed by atoms with Gasteiger partial charge in [0.25, 0.3) is 5.56 Å². The summed E-state index contributed by atoms with van der Waals surface area (Å²) < 4.78 is 6.13. The molecule has 0 spiro atoms. The molecular weight excluding hydrogens is 492 g/mol. The maximum absolute atomic E-state index is 11.9. The average molecular weight is 535 g/mol. The molecular formula is C31H42N4O4. The van der Waals surface area contributed by atoms with Gasteiger partial charge in [-0.25, -0.2) is 0 Å². The Bertz CT molecular complexity index is 1290. The molecule has 1 amide bonds. The number of pyridine rings is 2. The van der Waals surface area contributed by atoms with E-state index in [1.807, 2.05) is 39.0 Å². The van der Waals surface area contributed by atoms with Gasteiger partial charge in [0.05, 0.1) is 7.11 Å². The predicted molar refractivity (Wildman–Crippen MR) is 155 cm³/mol. The van der Waals surface area contributed by atoms with Gasteiger partial charge < -0.3 is 19.9 Å². The van der Waals surface area contributed by atoms with Gasteiger partial charge in [0, 0.05) is 43.2 Å². The quantitative estimate of drug-likeness (QED) is 0.385. The number of hydrogen-bond donors (Lipinski definition) is 1. The van der Waals surface area contributed by atoms with E-state index in [2.05, 4.69) is 47.8 Å². The fraction of sp³-hybridized carbons (Fsp3) is 0.419. The zero-order valence-electron chi connectivity index (χ0n) is 24.2. The molecule has 0 saturated heterocycles. The lowest BCUT2D eigenvalue weighted by molar-refractivity contribution is -0.140. The van der Waals surface area contributed by atoms with Gasteiger partial charge in [0.1, 0.15) is 6.04 Å². The largest absolute Gasteiger partial charge is 0.469 e. The summed E-state index contributed by atoms with van der Waals surface area (Å²) >= 11 is 0. The Balaban J connectivity index is 0.000000274. The molecule has 1 aromatic carbocycles. The van der Waals surface area contributed by atoms with E-state index >= 15 is 0 Å². The van der Waals surface area contributed by atoms with Crippen molar-refractivity contribution in [1.29, 1.82) is 0 Å². The minimum Gasteiger partial charge on any atom is -0.469 e. The van der Waals surface area contributed by atoms with Crippen LogP contribution in [0.4, 0.5) is 0 Å². The molecule has 210 valence electrons.